The van der Waals surface area contributed by atoms with Gasteiger partial charge >= 0.3 is 5.97 Å². The summed E-state index contributed by atoms with van der Waals surface area (Å²) < 4.78 is 17.5. The molecule has 1 N–H and O–H groups in total. The lowest BCUT2D eigenvalue weighted by molar-refractivity contribution is -0.142. The second-order valence-electron chi connectivity index (χ2n) is 2.54. The number of hydrogen-bond acceptors (Lipinski definition) is 2. The summed E-state index contributed by atoms with van der Waals surface area (Å²) in [4.78, 5) is 10.1. The third-order valence-corrected chi connectivity index (χ3v) is 1.60. The van der Waals surface area contributed by atoms with Crippen LogP contribution in [0.2, 0.25) is 0 Å². The standard InChI is InChI=1S/C8H9FO3/c1-5-2-3-12-7(5)4-6(9)8(10)11/h2-3,6H,4H2,1H3,(H,10,11). The highest BCUT2D eigenvalue weighted by Gasteiger charge is 2.18. The number of alkyl halides is 1. The molecule has 0 aliphatic carbocycles. The van der Waals surface area contributed by atoms with E-state index in [4.69, 9.17) is 9.52 Å². The van der Waals surface area contributed by atoms with Crippen LogP contribution >= 0.6 is 0 Å². The maximum atomic E-state index is 12.6. The molecule has 0 bridgehead atoms. The number of aliphatic carboxylic acids is 1. The summed E-state index contributed by atoms with van der Waals surface area (Å²) in [6.07, 6.45) is -0.664. The fourth-order valence-corrected chi connectivity index (χ4v) is 0.863. The zero-order valence-corrected chi connectivity index (χ0v) is 6.58. The summed E-state index contributed by atoms with van der Waals surface area (Å²) in [6, 6.07) is 1.67. The number of carboxylic acids is 1. The summed E-state index contributed by atoms with van der Waals surface area (Å²) in [7, 11) is 0. The lowest BCUT2D eigenvalue weighted by atomic mass is 10.2. The summed E-state index contributed by atoms with van der Waals surface area (Å²) in [6.45, 7) is 1.74. The Hall–Kier alpha value is -1.32. The van der Waals surface area contributed by atoms with Crippen LogP contribution < -0.4 is 0 Å². The van der Waals surface area contributed by atoms with Gasteiger partial charge < -0.3 is 9.52 Å². The first-order valence-corrected chi connectivity index (χ1v) is 3.51. The van der Waals surface area contributed by atoms with E-state index in [0.29, 0.717) is 5.76 Å². The maximum Gasteiger partial charge on any atom is 0.338 e. The highest BCUT2D eigenvalue weighted by molar-refractivity contribution is 5.72. The second-order valence-corrected chi connectivity index (χ2v) is 2.54. The van der Waals surface area contributed by atoms with E-state index in [9.17, 15) is 9.18 Å². The largest absolute Gasteiger partial charge is 0.479 e. The monoisotopic (exact) mass is 172 g/mol. The summed E-state index contributed by atoms with van der Waals surface area (Å²) in [5, 5.41) is 8.26. The first kappa shape index (κ1) is 8.77. The Morgan fingerprint density at radius 2 is 2.50 bits per heavy atom. The quantitative estimate of drug-likeness (QED) is 0.752. The van der Waals surface area contributed by atoms with Gasteiger partial charge in [-0.3, -0.25) is 0 Å². The van der Waals surface area contributed by atoms with Gasteiger partial charge in [0.25, 0.3) is 0 Å². The number of rotatable bonds is 3. The second kappa shape index (κ2) is 3.38. The molecule has 0 aliphatic heterocycles. The van der Waals surface area contributed by atoms with E-state index in [1.807, 2.05) is 0 Å². The molecular formula is C8H9FO3. The molecule has 0 saturated carbocycles. The predicted molar refractivity (Wildman–Crippen MR) is 39.7 cm³/mol. The van der Waals surface area contributed by atoms with Crippen molar-refractivity contribution in [1.82, 2.24) is 0 Å². The number of halogens is 1. The Labute approximate surface area is 68.8 Å². The van der Waals surface area contributed by atoms with E-state index in [2.05, 4.69) is 0 Å². The van der Waals surface area contributed by atoms with Gasteiger partial charge in [-0.25, -0.2) is 9.18 Å². The average Bonchev–Trinajstić information content (AvgIpc) is 2.36. The topological polar surface area (TPSA) is 50.4 Å². The minimum absolute atomic E-state index is 0.200. The molecule has 66 valence electrons. The highest BCUT2D eigenvalue weighted by Crippen LogP contribution is 2.12. The van der Waals surface area contributed by atoms with Crippen molar-refractivity contribution in [2.45, 2.75) is 19.5 Å². The van der Waals surface area contributed by atoms with E-state index in [1.54, 1.807) is 13.0 Å². The smallest absolute Gasteiger partial charge is 0.338 e. The molecule has 0 saturated heterocycles. The van der Waals surface area contributed by atoms with E-state index in [0.717, 1.165) is 5.56 Å². The molecule has 1 unspecified atom stereocenters. The molecule has 0 amide bonds. The number of furan rings is 1. The molecule has 1 aromatic heterocycles. The predicted octanol–water partition coefficient (Wildman–Crippen LogP) is 1.55. The van der Waals surface area contributed by atoms with Crippen molar-refractivity contribution in [3.8, 4) is 0 Å². The van der Waals surface area contributed by atoms with Crippen molar-refractivity contribution in [1.29, 1.82) is 0 Å². The maximum absolute atomic E-state index is 12.6. The highest BCUT2D eigenvalue weighted by atomic mass is 19.1. The Bertz CT molecular complexity index is 280. The minimum Gasteiger partial charge on any atom is -0.479 e. The van der Waals surface area contributed by atoms with Crippen LogP contribution in [0.15, 0.2) is 16.7 Å². The molecule has 0 spiro atoms. The molecule has 0 aromatic carbocycles. The Balaban J connectivity index is 2.64. The minimum atomic E-state index is -1.88. The van der Waals surface area contributed by atoms with Crippen LogP contribution in [0.5, 0.6) is 0 Å². The molecule has 0 aliphatic rings. The Kier molecular flexibility index (Phi) is 2.47. The fraction of sp³-hybridized carbons (Fsp3) is 0.375. The third kappa shape index (κ3) is 1.84. The number of carbonyl (C=O) groups is 1. The molecule has 12 heavy (non-hydrogen) atoms. The van der Waals surface area contributed by atoms with Crippen LogP contribution in [0.1, 0.15) is 11.3 Å². The van der Waals surface area contributed by atoms with Gasteiger partial charge in [-0.2, -0.15) is 0 Å². The Morgan fingerprint density at radius 3 is 2.92 bits per heavy atom. The van der Waals surface area contributed by atoms with Gasteiger partial charge in [-0.1, -0.05) is 0 Å². The fourth-order valence-electron chi connectivity index (χ4n) is 0.863. The first-order chi connectivity index (χ1) is 5.61. The number of hydrogen-bond donors (Lipinski definition) is 1. The number of carboxylic acid groups (broad SMARTS) is 1. The summed E-state index contributed by atoms with van der Waals surface area (Å²) in [5.41, 5.74) is 0.777. The van der Waals surface area contributed by atoms with Gasteiger partial charge in [0.05, 0.1) is 6.26 Å². The molecular weight excluding hydrogens is 163 g/mol. The molecule has 1 aromatic rings. The normalized spacial score (nSPS) is 12.8. The van der Waals surface area contributed by atoms with Crippen molar-refractivity contribution >= 4 is 5.97 Å². The number of aryl methyl sites for hydroxylation is 1. The van der Waals surface area contributed by atoms with Crippen LogP contribution in [0.25, 0.3) is 0 Å². The van der Waals surface area contributed by atoms with Gasteiger partial charge in [0.1, 0.15) is 5.76 Å². The van der Waals surface area contributed by atoms with Crippen molar-refractivity contribution in [3.05, 3.63) is 23.7 Å². The molecule has 1 heterocycles. The molecule has 4 heteroatoms. The van der Waals surface area contributed by atoms with Crippen LogP contribution in [0.4, 0.5) is 4.39 Å². The summed E-state index contributed by atoms with van der Waals surface area (Å²) >= 11 is 0. The van der Waals surface area contributed by atoms with Crippen LogP contribution in [0, 0.1) is 6.92 Å². The first-order valence-electron chi connectivity index (χ1n) is 3.51. The van der Waals surface area contributed by atoms with Crippen molar-refractivity contribution < 1.29 is 18.7 Å². The molecule has 0 radical (unpaired) electrons. The summed E-state index contributed by atoms with van der Waals surface area (Å²) in [5.74, 6) is -1.06. The SMILES string of the molecule is Cc1ccoc1CC(F)C(=O)O. The van der Waals surface area contributed by atoms with Gasteiger partial charge in [0, 0.05) is 6.42 Å². The molecule has 3 nitrogen and oxygen atoms in total. The average molecular weight is 172 g/mol. The Morgan fingerprint density at radius 1 is 1.83 bits per heavy atom. The van der Waals surface area contributed by atoms with Crippen LogP contribution in [-0.4, -0.2) is 17.2 Å². The van der Waals surface area contributed by atoms with Gasteiger partial charge in [-0.15, -0.1) is 0 Å². The van der Waals surface area contributed by atoms with Crippen LogP contribution in [-0.2, 0) is 11.2 Å². The lowest BCUT2D eigenvalue weighted by Gasteiger charge is -2.00. The van der Waals surface area contributed by atoms with Gasteiger partial charge in [-0.05, 0) is 18.6 Å². The van der Waals surface area contributed by atoms with Gasteiger partial charge in [0.15, 0.2) is 0 Å². The van der Waals surface area contributed by atoms with E-state index in [-0.39, 0.29) is 6.42 Å². The molecule has 1 atom stereocenters. The van der Waals surface area contributed by atoms with Crippen LogP contribution in [0.3, 0.4) is 0 Å². The zero-order valence-electron chi connectivity index (χ0n) is 6.58. The molecule has 1 rings (SSSR count). The van der Waals surface area contributed by atoms with E-state index < -0.39 is 12.1 Å². The van der Waals surface area contributed by atoms with Gasteiger partial charge in [0.2, 0.25) is 6.17 Å². The molecule has 0 fully saturated rings. The van der Waals surface area contributed by atoms with E-state index in [1.165, 1.54) is 6.26 Å². The lowest BCUT2D eigenvalue weighted by Crippen LogP contribution is -2.17. The van der Waals surface area contributed by atoms with Crippen molar-refractivity contribution in [3.63, 3.8) is 0 Å². The van der Waals surface area contributed by atoms with E-state index >= 15 is 0 Å². The third-order valence-electron chi connectivity index (χ3n) is 1.60. The van der Waals surface area contributed by atoms with Crippen molar-refractivity contribution in [2.24, 2.45) is 0 Å². The van der Waals surface area contributed by atoms with Crippen molar-refractivity contribution in [2.75, 3.05) is 0 Å². The zero-order chi connectivity index (χ0) is 9.14.